The van der Waals surface area contributed by atoms with Crippen molar-refractivity contribution in [3.63, 3.8) is 0 Å². The molecule has 11 heavy (non-hydrogen) atoms. The minimum atomic E-state index is 0.168. The minimum absolute atomic E-state index is 0.168. The average molecular weight is 231 g/mol. The predicted molar refractivity (Wildman–Crippen MR) is 56.0 cm³/mol. The molecule has 2 heteroatoms. The molecule has 0 amide bonds. The van der Waals surface area contributed by atoms with Gasteiger partial charge in [0, 0.05) is 4.75 Å². The van der Waals surface area contributed by atoms with Crippen LogP contribution >= 0.6 is 25.0 Å². The fraction of sp³-hybridized carbons (Fsp3) is 0.333. The molecule has 0 N–H and O–H groups in total. The number of hydrogen-bond acceptors (Lipinski definition) is 1. The van der Waals surface area contributed by atoms with E-state index in [1.54, 1.807) is 10.2 Å². The van der Waals surface area contributed by atoms with Gasteiger partial charge in [0.15, 0.2) is 0 Å². The first kappa shape index (κ1) is 9.14. The van der Waals surface area contributed by atoms with Gasteiger partial charge >= 0.3 is 0 Å². The Hall–Kier alpha value is 0.0500. The van der Waals surface area contributed by atoms with Gasteiger partial charge in [0.05, 0.1) is 0 Å². The van der Waals surface area contributed by atoms with Crippen molar-refractivity contribution in [1.82, 2.24) is 0 Å². The Labute approximate surface area is 79.6 Å². The van der Waals surface area contributed by atoms with E-state index in [4.69, 9.17) is 0 Å². The van der Waals surface area contributed by atoms with Gasteiger partial charge in [0.1, 0.15) is 0 Å². The Morgan fingerprint density at radius 2 is 1.73 bits per heavy atom. The molecular weight excluding hydrogens is 220 g/mol. The van der Waals surface area contributed by atoms with Crippen LogP contribution in [0.25, 0.3) is 0 Å². The number of hydrogen-bond donors (Lipinski definition) is 0. The van der Waals surface area contributed by atoms with Crippen LogP contribution in [0.2, 0.25) is 0 Å². The quantitative estimate of drug-likeness (QED) is 0.742. The molecule has 0 atom stereocenters. The highest BCUT2D eigenvalue weighted by Gasteiger charge is 2.18. The van der Waals surface area contributed by atoms with Crippen LogP contribution in [0, 0.1) is 0 Å². The second-order valence-corrected chi connectivity index (χ2v) is 5.10. The molecule has 0 spiro atoms. The van der Waals surface area contributed by atoms with Gasteiger partial charge < -0.3 is 0 Å². The van der Waals surface area contributed by atoms with E-state index < -0.39 is 0 Å². The second-order valence-electron chi connectivity index (χ2n) is 2.95. The minimum Gasteiger partial charge on any atom is -0.0725 e. The third kappa shape index (κ3) is 2.24. The second kappa shape index (κ2) is 3.63. The largest absolute Gasteiger partial charge is 0.0725 e. The van der Waals surface area contributed by atoms with Crippen LogP contribution in [0.5, 0.6) is 0 Å². The van der Waals surface area contributed by atoms with E-state index in [0.29, 0.717) is 0 Å². The maximum Gasteiger partial charge on any atom is 0.0461 e. The Balaban J connectivity index is 2.93. The monoisotopic (exact) mass is 230 g/mol. The van der Waals surface area contributed by atoms with Gasteiger partial charge in [-0.05, 0) is 34.2 Å². The fourth-order valence-electron chi connectivity index (χ4n) is 0.884. The summed E-state index contributed by atoms with van der Waals surface area (Å²) in [5, 5.41) is 0. The summed E-state index contributed by atoms with van der Waals surface area (Å²) in [6.07, 6.45) is 0. The molecule has 0 saturated carbocycles. The van der Waals surface area contributed by atoms with Gasteiger partial charge in [-0.25, -0.2) is 0 Å². The molecule has 0 aromatic heterocycles. The highest BCUT2D eigenvalue weighted by Crippen LogP contribution is 2.39. The van der Waals surface area contributed by atoms with Crippen LogP contribution in [0.1, 0.15) is 19.4 Å². The van der Waals surface area contributed by atoms with Gasteiger partial charge in [-0.2, -0.15) is 0 Å². The molecule has 60 valence electrons. The molecule has 1 aromatic rings. The Morgan fingerprint density at radius 1 is 1.18 bits per heavy atom. The first-order chi connectivity index (χ1) is 5.17. The summed E-state index contributed by atoms with van der Waals surface area (Å²) in [5.41, 5.74) is 1.35. The van der Waals surface area contributed by atoms with Crippen molar-refractivity contribution in [3.8, 4) is 0 Å². The summed E-state index contributed by atoms with van der Waals surface area (Å²) < 4.78 is 0.168. The lowest BCUT2D eigenvalue weighted by atomic mass is 10.0. The summed E-state index contributed by atoms with van der Waals surface area (Å²) in [6, 6.07) is 10.5. The standard InChI is InChI=1S/C9H11BrS/c1-9(2,11-10)8-6-4-3-5-7-8/h3-7H,1-2H3. The third-order valence-corrected chi connectivity index (χ3v) is 4.71. The Morgan fingerprint density at radius 3 is 2.18 bits per heavy atom. The fourth-order valence-corrected chi connectivity index (χ4v) is 1.67. The smallest absolute Gasteiger partial charge is 0.0461 e. The summed E-state index contributed by atoms with van der Waals surface area (Å²) >= 11 is 3.42. The first-order valence-corrected chi connectivity index (χ1v) is 6.18. The molecule has 0 saturated heterocycles. The lowest BCUT2D eigenvalue weighted by molar-refractivity contribution is 0.790. The SMILES string of the molecule is CC(C)(SBr)c1ccccc1. The summed E-state index contributed by atoms with van der Waals surface area (Å²) in [4.78, 5) is 0. The van der Waals surface area contributed by atoms with E-state index in [-0.39, 0.29) is 4.75 Å². The number of halogens is 1. The Kier molecular flexibility index (Phi) is 3.02. The Bertz CT molecular complexity index is 218. The van der Waals surface area contributed by atoms with E-state index in [9.17, 15) is 0 Å². The predicted octanol–water partition coefficient (Wildman–Crippen LogP) is 3.96. The van der Waals surface area contributed by atoms with Gasteiger partial charge in [0.25, 0.3) is 0 Å². The molecule has 0 nitrogen and oxygen atoms in total. The molecule has 0 fully saturated rings. The van der Waals surface area contributed by atoms with Crippen LogP contribution in [0.3, 0.4) is 0 Å². The maximum absolute atomic E-state index is 3.42. The summed E-state index contributed by atoms with van der Waals surface area (Å²) in [5.74, 6) is 0. The van der Waals surface area contributed by atoms with Crippen LogP contribution in [-0.2, 0) is 4.75 Å². The molecular formula is C9H11BrS. The van der Waals surface area contributed by atoms with Crippen molar-refractivity contribution < 1.29 is 0 Å². The molecule has 0 aliphatic carbocycles. The zero-order valence-electron chi connectivity index (χ0n) is 6.67. The lowest BCUT2D eigenvalue weighted by Crippen LogP contribution is -2.08. The molecule has 0 radical (unpaired) electrons. The van der Waals surface area contributed by atoms with Crippen LogP contribution in [0.4, 0.5) is 0 Å². The first-order valence-electron chi connectivity index (χ1n) is 3.52. The third-order valence-electron chi connectivity index (χ3n) is 1.66. The van der Waals surface area contributed by atoms with E-state index in [1.165, 1.54) is 5.56 Å². The van der Waals surface area contributed by atoms with Crippen molar-refractivity contribution in [3.05, 3.63) is 35.9 Å². The van der Waals surface area contributed by atoms with Crippen molar-refractivity contribution in [1.29, 1.82) is 0 Å². The van der Waals surface area contributed by atoms with Crippen molar-refractivity contribution in [2.45, 2.75) is 18.6 Å². The van der Waals surface area contributed by atoms with Crippen molar-refractivity contribution in [2.24, 2.45) is 0 Å². The van der Waals surface area contributed by atoms with Gasteiger partial charge in [-0.15, -0.1) is 0 Å². The molecule has 0 aliphatic heterocycles. The van der Waals surface area contributed by atoms with E-state index in [0.717, 1.165) is 0 Å². The van der Waals surface area contributed by atoms with E-state index >= 15 is 0 Å². The molecule has 1 rings (SSSR count). The zero-order valence-corrected chi connectivity index (χ0v) is 9.08. The normalized spacial score (nSPS) is 11.5. The van der Waals surface area contributed by atoms with Crippen molar-refractivity contribution >= 4 is 25.0 Å². The van der Waals surface area contributed by atoms with Gasteiger partial charge in [-0.3, -0.25) is 0 Å². The van der Waals surface area contributed by atoms with E-state index in [1.807, 2.05) is 6.07 Å². The molecule has 1 aromatic carbocycles. The van der Waals surface area contributed by atoms with Crippen LogP contribution in [0.15, 0.2) is 30.3 Å². The zero-order chi connectivity index (χ0) is 8.32. The lowest BCUT2D eigenvalue weighted by Gasteiger charge is -2.20. The highest BCUT2D eigenvalue weighted by atomic mass is 79.9. The van der Waals surface area contributed by atoms with E-state index in [2.05, 4.69) is 52.9 Å². The van der Waals surface area contributed by atoms with Crippen LogP contribution < -0.4 is 0 Å². The summed E-state index contributed by atoms with van der Waals surface area (Å²) in [6.45, 7) is 4.39. The van der Waals surface area contributed by atoms with Crippen LogP contribution in [-0.4, -0.2) is 0 Å². The molecule has 0 aliphatic rings. The molecule has 0 bridgehead atoms. The topological polar surface area (TPSA) is 0 Å². The van der Waals surface area contributed by atoms with Crippen molar-refractivity contribution in [2.75, 3.05) is 0 Å². The maximum atomic E-state index is 3.42. The van der Waals surface area contributed by atoms with Gasteiger partial charge in [0.2, 0.25) is 0 Å². The molecule has 0 heterocycles. The van der Waals surface area contributed by atoms with Gasteiger partial charge in [-0.1, -0.05) is 40.5 Å². The highest BCUT2D eigenvalue weighted by molar-refractivity contribution is 9.50. The number of rotatable bonds is 2. The summed E-state index contributed by atoms with van der Waals surface area (Å²) in [7, 11) is 1.69. The average Bonchev–Trinajstić information content (AvgIpc) is 2.06. The molecule has 0 unspecified atom stereocenters. The number of benzene rings is 1.